The molecule has 0 atom stereocenters. The molecule has 1 amide bonds. The van der Waals surface area contributed by atoms with Crippen LogP contribution in [-0.4, -0.2) is 20.4 Å². The Morgan fingerprint density at radius 2 is 2.00 bits per heavy atom. The molecule has 3 rings (SSSR count). The molecular weight excluding hydrogens is 284 g/mol. The largest absolute Gasteiger partial charge is 0.334 e. The lowest BCUT2D eigenvalue weighted by Crippen LogP contribution is -2.25. The fourth-order valence-corrected chi connectivity index (χ4v) is 2.13. The van der Waals surface area contributed by atoms with Gasteiger partial charge in [-0.25, -0.2) is 4.98 Å². The molecule has 0 aliphatic carbocycles. The van der Waals surface area contributed by atoms with Gasteiger partial charge in [0, 0.05) is 17.7 Å². The van der Waals surface area contributed by atoms with Crippen LogP contribution in [0.3, 0.4) is 0 Å². The van der Waals surface area contributed by atoms with Gasteiger partial charge in [0.05, 0.1) is 29.0 Å². The number of fused-ring (bicyclic) bond motifs is 1. The number of carbonyl (C=O) groups is 1. The molecule has 7 heteroatoms. The highest BCUT2D eigenvalue weighted by molar-refractivity contribution is 5.94. The average Bonchev–Trinajstić information content (AvgIpc) is 2.95. The fourth-order valence-electron chi connectivity index (χ4n) is 2.13. The topological polar surface area (TPSA) is 90.1 Å². The van der Waals surface area contributed by atoms with E-state index in [9.17, 15) is 14.9 Å². The van der Waals surface area contributed by atoms with Gasteiger partial charge in [-0.1, -0.05) is 18.2 Å². The molecular formula is C15H12N4O3. The number of non-ortho nitro benzene ring substituents is 1. The molecule has 0 radical (unpaired) electrons. The van der Waals surface area contributed by atoms with Gasteiger partial charge in [-0.3, -0.25) is 14.9 Å². The second-order valence-electron chi connectivity index (χ2n) is 4.67. The summed E-state index contributed by atoms with van der Waals surface area (Å²) in [5.74, 6) is -0.215. The molecule has 0 spiro atoms. The lowest BCUT2D eigenvalue weighted by molar-refractivity contribution is -0.384. The summed E-state index contributed by atoms with van der Waals surface area (Å²) < 4.78 is 1.66. The Labute approximate surface area is 125 Å². The molecule has 0 saturated heterocycles. The van der Waals surface area contributed by atoms with E-state index in [0.29, 0.717) is 16.6 Å². The standard InChI is InChI=1S/C15H12N4O3/c20-15(11-4-2-1-3-5-11)17-10-18-9-16-13-7-6-12(19(21)22)8-14(13)18/h1-9H,10H2,(H,17,20). The summed E-state index contributed by atoms with van der Waals surface area (Å²) in [4.78, 5) is 26.5. The molecule has 1 N–H and O–H groups in total. The van der Waals surface area contributed by atoms with Crippen LogP contribution >= 0.6 is 0 Å². The van der Waals surface area contributed by atoms with E-state index in [4.69, 9.17) is 0 Å². The second-order valence-corrected chi connectivity index (χ2v) is 4.67. The van der Waals surface area contributed by atoms with Crippen molar-refractivity contribution < 1.29 is 9.72 Å². The van der Waals surface area contributed by atoms with Crippen molar-refractivity contribution in [1.82, 2.24) is 14.9 Å². The maximum atomic E-state index is 12.0. The van der Waals surface area contributed by atoms with Crippen molar-refractivity contribution in [2.75, 3.05) is 0 Å². The normalized spacial score (nSPS) is 10.5. The molecule has 22 heavy (non-hydrogen) atoms. The molecule has 2 aromatic carbocycles. The van der Waals surface area contributed by atoms with Crippen LogP contribution in [0.2, 0.25) is 0 Å². The van der Waals surface area contributed by atoms with Crippen molar-refractivity contribution in [2.45, 2.75) is 6.67 Å². The maximum Gasteiger partial charge on any atom is 0.271 e. The van der Waals surface area contributed by atoms with Gasteiger partial charge >= 0.3 is 0 Å². The molecule has 0 unspecified atom stereocenters. The van der Waals surface area contributed by atoms with Crippen molar-refractivity contribution in [3.8, 4) is 0 Å². The van der Waals surface area contributed by atoms with E-state index in [2.05, 4.69) is 10.3 Å². The van der Waals surface area contributed by atoms with E-state index >= 15 is 0 Å². The van der Waals surface area contributed by atoms with E-state index in [1.807, 2.05) is 6.07 Å². The molecule has 0 aliphatic rings. The molecule has 0 bridgehead atoms. The quantitative estimate of drug-likeness (QED) is 0.591. The zero-order valence-electron chi connectivity index (χ0n) is 11.5. The minimum atomic E-state index is -0.459. The van der Waals surface area contributed by atoms with Gasteiger partial charge in [0.25, 0.3) is 11.6 Å². The van der Waals surface area contributed by atoms with Crippen LogP contribution in [0.1, 0.15) is 10.4 Å². The van der Waals surface area contributed by atoms with Crippen LogP contribution < -0.4 is 5.32 Å². The molecule has 0 saturated carbocycles. The van der Waals surface area contributed by atoms with Crippen molar-refractivity contribution in [3.05, 3.63) is 70.5 Å². The number of hydrogen-bond donors (Lipinski definition) is 1. The number of nitro groups is 1. The van der Waals surface area contributed by atoms with Gasteiger partial charge in [-0.05, 0) is 18.2 Å². The first-order valence-electron chi connectivity index (χ1n) is 6.57. The summed E-state index contributed by atoms with van der Waals surface area (Å²) in [6, 6.07) is 13.3. The number of aromatic nitrogens is 2. The predicted molar refractivity (Wildman–Crippen MR) is 80.3 cm³/mol. The van der Waals surface area contributed by atoms with Crippen LogP contribution in [-0.2, 0) is 6.67 Å². The SMILES string of the molecule is O=C(NCn1cnc2ccc([N+](=O)[O-])cc21)c1ccccc1. The maximum absolute atomic E-state index is 12.0. The minimum Gasteiger partial charge on any atom is -0.334 e. The summed E-state index contributed by atoms with van der Waals surface area (Å²) in [6.45, 7) is 0.186. The van der Waals surface area contributed by atoms with Crippen molar-refractivity contribution in [1.29, 1.82) is 0 Å². The van der Waals surface area contributed by atoms with Crippen LogP contribution in [0.15, 0.2) is 54.9 Å². The summed E-state index contributed by atoms with van der Waals surface area (Å²) in [5, 5.41) is 13.6. The first-order chi connectivity index (χ1) is 10.6. The highest BCUT2D eigenvalue weighted by atomic mass is 16.6. The number of nitrogens with one attached hydrogen (secondary N) is 1. The average molecular weight is 296 g/mol. The molecule has 7 nitrogen and oxygen atoms in total. The first-order valence-corrected chi connectivity index (χ1v) is 6.57. The minimum absolute atomic E-state index is 0.0105. The number of rotatable bonds is 4. The lowest BCUT2D eigenvalue weighted by Gasteiger charge is -2.07. The Balaban J connectivity index is 1.81. The number of carbonyl (C=O) groups excluding carboxylic acids is 1. The second kappa shape index (κ2) is 5.65. The number of benzene rings is 2. The van der Waals surface area contributed by atoms with Crippen LogP contribution in [0, 0.1) is 10.1 Å². The highest BCUT2D eigenvalue weighted by Gasteiger charge is 2.11. The Morgan fingerprint density at radius 1 is 1.23 bits per heavy atom. The Bertz CT molecular complexity index is 842. The molecule has 1 aromatic heterocycles. The van der Waals surface area contributed by atoms with Crippen LogP contribution in [0.4, 0.5) is 5.69 Å². The molecule has 110 valence electrons. The monoisotopic (exact) mass is 296 g/mol. The Hall–Kier alpha value is -3.22. The summed E-state index contributed by atoms with van der Waals surface area (Å²) in [6.07, 6.45) is 1.54. The zero-order chi connectivity index (χ0) is 15.5. The lowest BCUT2D eigenvalue weighted by atomic mass is 10.2. The highest BCUT2D eigenvalue weighted by Crippen LogP contribution is 2.19. The number of nitrogens with zero attached hydrogens (tertiary/aromatic N) is 3. The van der Waals surface area contributed by atoms with Gasteiger partial charge in [0.1, 0.15) is 0 Å². The molecule has 0 aliphatic heterocycles. The zero-order valence-corrected chi connectivity index (χ0v) is 11.5. The summed E-state index contributed by atoms with van der Waals surface area (Å²) in [5.41, 5.74) is 1.78. The molecule has 3 aromatic rings. The van der Waals surface area contributed by atoms with E-state index < -0.39 is 4.92 Å². The van der Waals surface area contributed by atoms with E-state index in [0.717, 1.165) is 0 Å². The van der Waals surface area contributed by atoms with Gasteiger partial charge < -0.3 is 9.88 Å². The molecule has 1 heterocycles. The van der Waals surface area contributed by atoms with Crippen molar-refractivity contribution in [2.24, 2.45) is 0 Å². The fraction of sp³-hybridized carbons (Fsp3) is 0.0667. The number of nitro benzene ring substituents is 1. The Kier molecular flexibility index (Phi) is 3.53. The van der Waals surface area contributed by atoms with Gasteiger partial charge in [-0.15, -0.1) is 0 Å². The third kappa shape index (κ3) is 2.64. The van der Waals surface area contributed by atoms with Crippen molar-refractivity contribution in [3.63, 3.8) is 0 Å². The predicted octanol–water partition coefficient (Wildman–Crippen LogP) is 2.33. The third-order valence-electron chi connectivity index (χ3n) is 3.26. The number of amides is 1. The number of imidazole rings is 1. The van der Waals surface area contributed by atoms with Gasteiger partial charge in [0.15, 0.2) is 0 Å². The summed E-state index contributed by atoms with van der Waals surface area (Å²) >= 11 is 0. The van der Waals surface area contributed by atoms with E-state index in [1.54, 1.807) is 41.2 Å². The summed E-state index contributed by atoms with van der Waals surface area (Å²) in [7, 11) is 0. The van der Waals surface area contributed by atoms with Crippen LogP contribution in [0.5, 0.6) is 0 Å². The van der Waals surface area contributed by atoms with Crippen molar-refractivity contribution >= 4 is 22.6 Å². The van der Waals surface area contributed by atoms with E-state index in [-0.39, 0.29) is 18.3 Å². The van der Waals surface area contributed by atoms with Crippen LogP contribution in [0.25, 0.3) is 11.0 Å². The molecule has 0 fully saturated rings. The van der Waals surface area contributed by atoms with Gasteiger partial charge in [-0.2, -0.15) is 0 Å². The Morgan fingerprint density at radius 3 is 2.73 bits per heavy atom. The van der Waals surface area contributed by atoms with Gasteiger partial charge in [0.2, 0.25) is 0 Å². The van der Waals surface area contributed by atoms with E-state index in [1.165, 1.54) is 12.1 Å². The smallest absolute Gasteiger partial charge is 0.271 e. The number of hydrogen-bond acceptors (Lipinski definition) is 4. The third-order valence-corrected chi connectivity index (χ3v) is 3.26. The first kappa shape index (κ1) is 13.7.